The van der Waals surface area contributed by atoms with Crippen molar-refractivity contribution in [3.8, 4) is 23.4 Å². The van der Waals surface area contributed by atoms with Crippen LogP contribution in [0.25, 0.3) is 0 Å². The van der Waals surface area contributed by atoms with Crippen LogP contribution in [-0.4, -0.2) is 17.4 Å². The highest BCUT2D eigenvalue weighted by molar-refractivity contribution is 5.99. The average molecular weight is 424 g/mol. The Labute approximate surface area is 175 Å². The van der Waals surface area contributed by atoms with Gasteiger partial charge in [0.25, 0.3) is 0 Å². The summed E-state index contributed by atoms with van der Waals surface area (Å²) in [6, 6.07) is 13.9. The SMILES string of the molecule is N#Cc1ccc(Cc2ccnc(Oc3ccc4c(c3)OCCC4=O)c2C(F)(F)F)cc1. The van der Waals surface area contributed by atoms with Gasteiger partial charge in [-0.05, 0) is 47.9 Å². The van der Waals surface area contributed by atoms with E-state index in [0.717, 1.165) is 0 Å². The zero-order chi connectivity index (χ0) is 22.0. The van der Waals surface area contributed by atoms with Gasteiger partial charge in [0.2, 0.25) is 5.88 Å². The Morgan fingerprint density at radius 3 is 2.61 bits per heavy atom. The summed E-state index contributed by atoms with van der Waals surface area (Å²) >= 11 is 0. The molecule has 156 valence electrons. The molecule has 1 aliphatic heterocycles. The molecule has 31 heavy (non-hydrogen) atoms. The van der Waals surface area contributed by atoms with E-state index >= 15 is 0 Å². The largest absolute Gasteiger partial charge is 0.492 e. The number of halogens is 3. The van der Waals surface area contributed by atoms with Crippen LogP contribution in [0.4, 0.5) is 13.2 Å². The van der Waals surface area contributed by atoms with Crippen LogP contribution in [-0.2, 0) is 12.6 Å². The van der Waals surface area contributed by atoms with E-state index in [-0.39, 0.29) is 42.3 Å². The Bertz CT molecular complexity index is 1180. The first-order valence-corrected chi connectivity index (χ1v) is 9.37. The van der Waals surface area contributed by atoms with E-state index in [0.29, 0.717) is 16.7 Å². The maximum absolute atomic E-state index is 13.9. The summed E-state index contributed by atoms with van der Waals surface area (Å²) in [7, 11) is 0. The number of ketones is 1. The van der Waals surface area contributed by atoms with E-state index in [1.165, 1.54) is 30.5 Å². The maximum atomic E-state index is 13.9. The summed E-state index contributed by atoms with van der Waals surface area (Å²) < 4.78 is 52.7. The molecule has 2 aromatic carbocycles. The van der Waals surface area contributed by atoms with E-state index in [9.17, 15) is 18.0 Å². The Morgan fingerprint density at radius 1 is 1.13 bits per heavy atom. The van der Waals surface area contributed by atoms with Crippen LogP contribution in [0, 0.1) is 11.3 Å². The first-order valence-electron chi connectivity index (χ1n) is 9.37. The smallest absolute Gasteiger partial charge is 0.421 e. The van der Waals surface area contributed by atoms with Crippen LogP contribution >= 0.6 is 0 Å². The molecule has 0 bridgehead atoms. The van der Waals surface area contributed by atoms with Gasteiger partial charge in [0, 0.05) is 18.7 Å². The molecule has 8 heteroatoms. The van der Waals surface area contributed by atoms with Gasteiger partial charge in [0.15, 0.2) is 5.78 Å². The van der Waals surface area contributed by atoms with Crippen molar-refractivity contribution in [2.24, 2.45) is 0 Å². The molecule has 0 N–H and O–H groups in total. The first kappa shape index (κ1) is 20.4. The van der Waals surface area contributed by atoms with Crippen LogP contribution in [0.15, 0.2) is 54.7 Å². The van der Waals surface area contributed by atoms with Crippen molar-refractivity contribution in [3.63, 3.8) is 0 Å². The first-order chi connectivity index (χ1) is 14.8. The predicted molar refractivity (Wildman–Crippen MR) is 104 cm³/mol. The number of nitrogens with zero attached hydrogens (tertiary/aromatic N) is 2. The van der Waals surface area contributed by atoms with E-state index in [2.05, 4.69) is 4.98 Å². The highest BCUT2D eigenvalue weighted by atomic mass is 19.4. The van der Waals surface area contributed by atoms with Crippen LogP contribution in [0.2, 0.25) is 0 Å². The third-order valence-electron chi connectivity index (χ3n) is 4.82. The quantitative estimate of drug-likeness (QED) is 0.567. The molecule has 4 rings (SSSR count). The summed E-state index contributed by atoms with van der Waals surface area (Å²) in [5, 5.41) is 8.88. The highest BCUT2D eigenvalue weighted by Crippen LogP contribution is 2.40. The zero-order valence-corrected chi connectivity index (χ0v) is 16.1. The van der Waals surface area contributed by atoms with Gasteiger partial charge in [0.05, 0.1) is 23.8 Å². The number of carbonyl (C=O) groups is 1. The summed E-state index contributed by atoms with van der Waals surface area (Å²) in [6.07, 6.45) is -3.21. The molecule has 0 spiro atoms. The number of Topliss-reactive ketones (excluding diaryl/α,β-unsaturated/α-hetero) is 1. The van der Waals surface area contributed by atoms with Gasteiger partial charge < -0.3 is 9.47 Å². The fraction of sp³-hybridized carbons (Fsp3) is 0.174. The van der Waals surface area contributed by atoms with E-state index in [4.69, 9.17) is 14.7 Å². The number of nitriles is 1. The van der Waals surface area contributed by atoms with Crippen molar-refractivity contribution in [2.75, 3.05) is 6.61 Å². The number of benzene rings is 2. The molecule has 0 aliphatic carbocycles. The lowest BCUT2D eigenvalue weighted by atomic mass is 10.00. The minimum absolute atomic E-state index is 0.00778. The molecule has 0 unspecified atom stereocenters. The lowest BCUT2D eigenvalue weighted by Gasteiger charge is -2.19. The van der Waals surface area contributed by atoms with Crippen molar-refractivity contribution in [3.05, 3.63) is 82.5 Å². The van der Waals surface area contributed by atoms with Gasteiger partial charge in [-0.3, -0.25) is 4.79 Å². The number of rotatable bonds is 4. The summed E-state index contributed by atoms with van der Waals surface area (Å²) in [5.74, 6) is -0.315. The number of hydrogen-bond donors (Lipinski definition) is 0. The number of ether oxygens (including phenoxy) is 2. The summed E-state index contributed by atoms with van der Waals surface area (Å²) in [4.78, 5) is 15.7. The van der Waals surface area contributed by atoms with Gasteiger partial charge in [-0.25, -0.2) is 4.98 Å². The number of carbonyl (C=O) groups excluding carboxylic acids is 1. The lowest BCUT2D eigenvalue weighted by Crippen LogP contribution is -2.15. The van der Waals surface area contributed by atoms with Crippen molar-refractivity contribution in [1.29, 1.82) is 5.26 Å². The van der Waals surface area contributed by atoms with E-state index in [1.807, 2.05) is 6.07 Å². The highest BCUT2D eigenvalue weighted by Gasteiger charge is 2.38. The minimum atomic E-state index is -4.70. The van der Waals surface area contributed by atoms with Crippen LogP contribution in [0.5, 0.6) is 17.4 Å². The molecule has 2 heterocycles. The standard InChI is InChI=1S/C23H15F3N2O3/c24-23(25,26)21-16(11-14-1-3-15(13-27)4-2-14)7-9-28-22(21)31-17-5-6-18-19(29)8-10-30-20(18)12-17/h1-7,9,12H,8,10-11H2. The second kappa shape index (κ2) is 8.11. The van der Waals surface area contributed by atoms with Gasteiger partial charge in [0.1, 0.15) is 17.1 Å². The van der Waals surface area contributed by atoms with Gasteiger partial charge in [-0.2, -0.15) is 18.4 Å². The monoisotopic (exact) mass is 424 g/mol. The van der Waals surface area contributed by atoms with Crippen LogP contribution < -0.4 is 9.47 Å². The Hall–Kier alpha value is -3.86. The molecule has 0 radical (unpaired) electrons. The van der Waals surface area contributed by atoms with Crippen molar-refractivity contribution >= 4 is 5.78 Å². The van der Waals surface area contributed by atoms with E-state index < -0.39 is 17.6 Å². The topological polar surface area (TPSA) is 72.2 Å². The number of fused-ring (bicyclic) bond motifs is 1. The van der Waals surface area contributed by atoms with Gasteiger partial charge >= 0.3 is 6.18 Å². The number of alkyl halides is 3. The Kier molecular flexibility index (Phi) is 5.34. The fourth-order valence-corrected chi connectivity index (χ4v) is 3.34. The Morgan fingerprint density at radius 2 is 1.90 bits per heavy atom. The number of pyridine rings is 1. The number of aromatic nitrogens is 1. The fourth-order valence-electron chi connectivity index (χ4n) is 3.34. The lowest BCUT2D eigenvalue weighted by molar-refractivity contribution is -0.139. The molecule has 3 aromatic rings. The van der Waals surface area contributed by atoms with Crippen LogP contribution in [0.3, 0.4) is 0 Å². The maximum Gasteiger partial charge on any atom is 0.421 e. The van der Waals surface area contributed by atoms with Gasteiger partial charge in [-0.15, -0.1) is 0 Å². The molecular formula is C23H15F3N2O3. The summed E-state index contributed by atoms with van der Waals surface area (Å²) in [5.41, 5.74) is 0.423. The van der Waals surface area contributed by atoms with Crippen molar-refractivity contribution in [1.82, 2.24) is 4.98 Å². The molecule has 0 saturated heterocycles. The molecule has 1 aromatic heterocycles. The molecular weight excluding hydrogens is 409 g/mol. The minimum Gasteiger partial charge on any atom is -0.492 e. The second-order valence-electron chi connectivity index (χ2n) is 6.92. The Balaban J connectivity index is 1.68. The van der Waals surface area contributed by atoms with E-state index in [1.54, 1.807) is 24.3 Å². The average Bonchev–Trinajstić information content (AvgIpc) is 2.74. The molecule has 1 aliphatic rings. The number of hydrogen-bond acceptors (Lipinski definition) is 5. The van der Waals surface area contributed by atoms with Crippen LogP contribution in [0.1, 0.15) is 39.0 Å². The molecule has 0 saturated carbocycles. The van der Waals surface area contributed by atoms with Gasteiger partial charge in [-0.1, -0.05) is 12.1 Å². The second-order valence-corrected chi connectivity index (χ2v) is 6.92. The third kappa shape index (κ3) is 4.36. The third-order valence-corrected chi connectivity index (χ3v) is 4.82. The predicted octanol–water partition coefficient (Wildman–Crippen LogP) is 5.32. The zero-order valence-electron chi connectivity index (χ0n) is 16.1. The van der Waals surface area contributed by atoms with Crippen molar-refractivity contribution < 1.29 is 27.4 Å². The normalized spacial score (nSPS) is 13.2. The molecule has 0 atom stereocenters. The molecule has 0 amide bonds. The molecule has 5 nitrogen and oxygen atoms in total. The molecule has 0 fully saturated rings. The summed E-state index contributed by atoms with van der Waals surface area (Å²) in [6.45, 7) is 0.210. The van der Waals surface area contributed by atoms with Crippen molar-refractivity contribution in [2.45, 2.75) is 19.0 Å².